The molecule has 0 bridgehead atoms. The van der Waals surface area contributed by atoms with E-state index in [2.05, 4.69) is 54.7 Å². The monoisotopic (exact) mass is 523 g/mol. The molecule has 2 aromatic heterocycles. The molecule has 0 aliphatic rings. The van der Waals surface area contributed by atoms with Gasteiger partial charge in [-0.15, -0.1) is 0 Å². The number of hydrogen-bond donors (Lipinski definition) is 3. The highest BCUT2D eigenvalue weighted by molar-refractivity contribution is 6.31. The van der Waals surface area contributed by atoms with Crippen LogP contribution in [0.2, 0.25) is 5.02 Å². The number of benzene rings is 1. The number of nitrogen functional groups attached to an aromatic ring is 1. The minimum Gasteiger partial charge on any atom is -0.390 e. The highest BCUT2D eigenvalue weighted by Crippen LogP contribution is 2.26. The van der Waals surface area contributed by atoms with Gasteiger partial charge in [0.1, 0.15) is 11.5 Å². The molecule has 3 rings (SSSR count). The van der Waals surface area contributed by atoms with E-state index in [0.717, 1.165) is 40.7 Å². The van der Waals surface area contributed by atoms with Gasteiger partial charge in [0.2, 0.25) is 0 Å². The van der Waals surface area contributed by atoms with Crippen LogP contribution in [-0.4, -0.2) is 57.7 Å². The number of pyridine rings is 1. The molecule has 198 valence electrons. The van der Waals surface area contributed by atoms with Gasteiger partial charge < -0.3 is 25.6 Å². The summed E-state index contributed by atoms with van der Waals surface area (Å²) in [6.45, 7) is 15.2. The molecule has 0 aliphatic carbocycles. The minimum absolute atomic E-state index is 0.181. The topological polar surface area (TPSA) is 96.4 Å². The smallest absolute Gasteiger partial charge is 0.268 e. The minimum atomic E-state index is -0.647. The zero-order chi connectivity index (χ0) is 27.3. The lowest BCUT2D eigenvalue weighted by atomic mass is 10.1. The van der Waals surface area contributed by atoms with Crippen LogP contribution in [0.15, 0.2) is 24.4 Å². The first-order chi connectivity index (χ1) is 17.6. The summed E-state index contributed by atoms with van der Waals surface area (Å²) in [5, 5.41) is 15.7. The first-order valence-electron chi connectivity index (χ1n) is 12.8. The van der Waals surface area contributed by atoms with Crippen LogP contribution in [0.5, 0.6) is 0 Å². The summed E-state index contributed by atoms with van der Waals surface area (Å²) in [4.78, 5) is 19.8. The van der Waals surface area contributed by atoms with Gasteiger partial charge in [-0.05, 0) is 62.0 Å². The van der Waals surface area contributed by atoms with Crippen molar-refractivity contribution in [3.8, 4) is 11.8 Å². The Morgan fingerprint density at radius 1 is 1.22 bits per heavy atom. The van der Waals surface area contributed by atoms with Crippen molar-refractivity contribution < 1.29 is 9.90 Å². The first-order valence-corrected chi connectivity index (χ1v) is 13.2. The number of nitrogens with two attached hydrogens (primary N) is 1. The molecule has 1 aromatic carbocycles. The number of carbonyl (C=O) groups is 1. The zero-order valence-electron chi connectivity index (χ0n) is 22.7. The van der Waals surface area contributed by atoms with E-state index < -0.39 is 6.10 Å². The first kappa shape index (κ1) is 28.5. The highest BCUT2D eigenvalue weighted by Gasteiger charge is 2.23. The number of nitrogens with one attached hydrogen (secondary N) is 1. The molecule has 0 fully saturated rings. The van der Waals surface area contributed by atoms with Crippen molar-refractivity contribution in [3.63, 3.8) is 0 Å². The Kier molecular flexibility index (Phi) is 9.61. The molecule has 3 aromatic rings. The van der Waals surface area contributed by atoms with Crippen molar-refractivity contribution in [1.82, 2.24) is 19.8 Å². The molecular formula is C29H38ClN5O2. The van der Waals surface area contributed by atoms with E-state index in [-0.39, 0.29) is 18.4 Å². The Bertz CT molecular complexity index is 1330. The van der Waals surface area contributed by atoms with Crippen LogP contribution < -0.4 is 11.1 Å². The Hall–Kier alpha value is -3.05. The third-order valence-electron chi connectivity index (χ3n) is 6.63. The Labute approximate surface area is 225 Å². The number of aliphatic hydroxyl groups is 1. The number of fused-ring (bicyclic) bond motifs is 1. The number of aromatic nitrogens is 2. The largest absolute Gasteiger partial charge is 0.390 e. The van der Waals surface area contributed by atoms with Gasteiger partial charge >= 0.3 is 0 Å². The van der Waals surface area contributed by atoms with Crippen molar-refractivity contribution in [1.29, 1.82) is 0 Å². The number of anilines is 1. The van der Waals surface area contributed by atoms with Crippen LogP contribution in [0.25, 0.3) is 10.8 Å². The number of aliphatic hydroxyl groups excluding tert-OH is 1. The fourth-order valence-electron chi connectivity index (χ4n) is 4.46. The molecule has 8 heteroatoms. The third-order valence-corrected chi connectivity index (χ3v) is 6.86. The Morgan fingerprint density at radius 3 is 2.57 bits per heavy atom. The molecule has 0 radical (unpaired) electrons. The van der Waals surface area contributed by atoms with Crippen molar-refractivity contribution in [2.45, 2.75) is 54.2 Å². The zero-order valence-corrected chi connectivity index (χ0v) is 23.4. The van der Waals surface area contributed by atoms with Crippen LogP contribution in [0.3, 0.4) is 0 Å². The summed E-state index contributed by atoms with van der Waals surface area (Å²) in [5.74, 6) is 6.92. The molecular weight excluding hydrogens is 486 g/mol. The SMILES string of the molecule is CCN(CC)CC(O)CNC(=O)c1c(C)c(C)c(C#Cc2c(N)ncc3ccc(Cl)cc23)n1CC(C)C. The quantitative estimate of drug-likeness (QED) is 0.362. The molecule has 0 aliphatic heterocycles. The van der Waals surface area contributed by atoms with Crippen LogP contribution in [0, 0.1) is 31.6 Å². The van der Waals surface area contributed by atoms with E-state index in [4.69, 9.17) is 17.3 Å². The molecule has 0 saturated carbocycles. The van der Waals surface area contributed by atoms with Gasteiger partial charge in [0.15, 0.2) is 0 Å². The van der Waals surface area contributed by atoms with Gasteiger partial charge in [0.25, 0.3) is 5.91 Å². The fourth-order valence-corrected chi connectivity index (χ4v) is 4.64. The van der Waals surface area contributed by atoms with Crippen molar-refractivity contribution in [2.24, 2.45) is 5.92 Å². The number of amides is 1. The highest BCUT2D eigenvalue weighted by atomic mass is 35.5. The second-order valence-corrected chi connectivity index (χ2v) is 10.2. The number of nitrogens with zero attached hydrogens (tertiary/aromatic N) is 3. The van der Waals surface area contributed by atoms with Crippen LogP contribution in [0.4, 0.5) is 5.82 Å². The molecule has 0 spiro atoms. The van der Waals surface area contributed by atoms with E-state index >= 15 is 0 Å². The lowest BCUT2D eigenvalue weighted by Gasteiger charge is -2.22. The van der Waals surface area contributed by atoms with Crippen molar-refractivity contribution >= 4 is 34.1 Å². The molecule has 4 N–H and O–H groups in total. The molecule has 37 heavy (non-hydrogen) atoms. The van der Waals surface area contributed by atoms with Crippen LogP contribution in [-0.2, 0) is 6.54 Å². The number of halogens is 1. The molecule has 1 atom stereocenters. The second kappa shape index (κ2) is 12.5. The maximum Gasteiger partial charge on any atom is 0.268 e. The standard InChI is InChI=1S/C29H38ClN5O2/c1-7-34(8-2)17-23(36)15-33-29(37)27-20(6)19(5)26(35(27)16-18(3)4)12-11-24-25-13-22(30)10-9-21(25)14-32-28(24)31/h9-10,13-14,18,23,36H,7-8,15-17H2,1-6H3,(H2,31,32)(H,33,37). The average Bonchev–Trinajstić information content (AvgIpc) is 3.08. The Balaban J connectivity index is 2.00. The van der Waals surface area contributed by atoms with Crippen molar-refractivity contribution in [2.75, 3.05) is 31.9 Å². The predicted molar refractivity (Wildman–Crippen MR) is 152 cm³/mol. The summed E-state index contributed by atoms with van der Waals surface area (Å²) >= 11 is 6.24. The number of hydrogen-bond acceptors (Lipinski definition) is 5. The van der Waals surface area contributed by atoms with Gasteiger partial charge in [0, 0.05) is 41.6 Å². The summed E-state index contributed by atoms with van der Waals surface area (Å²) < 4.78 is 1.98. The van der Waals surface area contributed by atoms with Gasteiger partial charge in [-0.1, -0.05) is 51.3 Å². The lowest BCUT2D eigenvalue weighted by Crippen LogP contribution is -2.40. The molecule has 1 unspecified atom stereocenters. The van der Waals surface area contributed by atoms with E-state index in [1.807, 2.05) is 36.6 Å². The summed E-state index contributed by atoms with van der Waals surface area (Å²) in [5.41, 5.74) is 9.95. The third kappa shape index (κ3) is 6.64. The van der Waals surface area contributed by atoms with E-state index in [1.165, 1.54) is 0 Å². The fraction of sp³-hybridized carbons (Fsp3) is 0.448. The molecule has 1 amide bonds. The van der Waals surface area contributed by atoms with Gasteiger partial charge in [-0.2, -0.15) is 0 Å². The van der Waals surface area contributed by atoms with E-state index in [0.29, 0.717) is 35.2 Å². The number of likely N-dealkylation sites (N-methyl/N-ethyl adjacent to an activating group) is 1. The lowest BCUT2D eigenvalue weighted by molar-refractivity contribution is 0.0860. The van der Waals surface area contributed by atoms with Crippen molar-refractivity contribution in [3.05, 3.63) is 57.5 Å². The van der Waals surface area contributed by atoms with Gasteiger partial charge in [-0.25, -0.2) is 4.98 Å². The number of carbonyl (C=O) groups excluding carboxylic acids is 1. The summed E-state index contributed by atoms with van der Waals surface area (Å²) in [6.07, 6.45) is 1.06. The molecule has 0 saturated heterocycles. The summed E-state index contributed by atoms with van der Waals surface area (Å²) in [7, 11) is 0. The second-order valence-electron chi connectivity index (χ2n) is 9.80. The average molecular weight is 524 g/mol. The van der Waals surface area contributed by atoms with Gasteiger partial charge in [0.05, 0.1) is 17.4 Å². The normalized spacial score (nSPS) is 12.2. The maximum absolute atomic E-state index is 13.4. The van der Waals surface area contributed by atoms with Crippen LogP contribution >= 0.6 is 11.6 Å². The van der Waals surface area contributed by atoms with Crippen LogP contribution in [0.1, 0.15) is 60.6 Å². The molecule has 7 nitrogen and oxygen atoms in total. The summed E-state index contributed by atoms with van der Waals surface area (Å²) in [6, 6.07) is 5.54. The van der Waals surface area contributed by atoms with E-state index in [9.17, 15) is 9.90 Å². The number of rotatable bonds is 9. The Morgan fingerprint density at radius 2 is 1.92 bits per heavy atom. The predicted octanol–water partition coefficient (Wildman–Crippen LogP) is 4.38. The van der Waals surface area contributed by atoms with E-state index in [1.54, 1.807) is 6.20 Å². The maximum atomic E-state index is 13.4. The van der Waals surface area contributed by atoms with Gasteiger partial charge in [-0.3, -0.25) is 4.79 Å². The molecule has 2 heterocycles.